The molecule has 3 N–H and O–H groups in total. The first-order chi connectivity index (χ1) is 8.13. The summed E-state index contributed by atoms with van der Waals surface area (Å²) in [5.74, 6) is -2.46. The number of ether oxygens (including phenoxy) is 1. The molecule has 1 atom stereocenters. The summed E-state index contributed by atoms with van der Waals surface area (Å²) in [7, 11) is 0. The van der Waals surface area contributed by atoms with E-state index in [9.17, 15) is 9.59 Å². The lowest BCUT2D eigenvalue weighted by Gasteiger charge is -2.27. The van der Waals surface area contributed by atoms with Crippen LogP contribution in [-0.2, 0) is 14.3 Å². The van der Waals surface area contributed by atoms with Gasteiger partial charge in [0.15, 0.2) is 0 Å². The fourth-order valence-electron chi connectivity index (χ4n) is 1.14. The minimum atomic E-state index is -2.11. The Morgan fingerprint density at radius 1 is 1.44 bits per heavy atom. The van der Waals surface area contributed by atoms with E-state index in [0.717, 1.165) is 0 Å². The molecule has 0 aliphatic rings. The Morgan fingerprint density at radius 3 is 2.39 bits per heavy atom. The molecule has 0 aliphatic heterocycles. The van der Waals surface area contributed by atoms with Crippen molar-refractivity contribution in [2.24, 2.45) is 10.8 Å². The van der Waals surface area contributed by atoms with Gasteiger partial charge >= 0.3 is 11.9 Å². The van der Waals surface area contributed by atoms with Gasteiger partial charge < -0.3 is 15.6 Å². The molecule has 0 saturated carbocycles. The first kappa shape index (κ1) is 16.2. The Labute approximate surface area is 105 Å². The highest BCUT2D eigenvalue weighted by Crippen LogP contribution is 2.17. The van der Waals surface area contributed by atoms with Crippen molar-refractivity contribution >= 4 is 11.9 Å². The van der Waals surface area contributed by atoms with Gasteiger partial charge in [-0.15, -0.1) is 0 Å². The van der Waals surface area contributed by atoms with Crippen LogP contribution in [0.4, 0.5) is 0 Å². The molecule has 0 radical (unpaired) electrons. The van der Waals surface area contributed by atoms with Crippen molar-refractivity contribution in [1.82, 2.24) is 0 Å². The van der Waals surface area contributed by atoms with Gasteiger partial charge in [0.05, 0.1) is 0 Å². The maximum atomic E-state index is 11.8. The number of carboxylic acids is 1. The molecule has 0 aliphatic carbocycles. The predicted octanol–water partition coefficient (Wildman–Crippen LogP) is 1.20. The summed E-state index contributed by atoms with van der Waals surface area (Å²) in [6.45, 7) is 4.93. The van der Waals surface area contributed by atoms with Crippen molar-refractivity contribution in [3.8, 4) is 0 Å². The Bertz CT molecular complexity index is 371. The lowest BCUT2D eigenvalue weighted by molar-refractivity contribution is -0.169. The molecular formula is C10H18N4O4. The number of hydrogen-bond donors (Lipinski definition) is 2. The zero-order chi connectivity index (χ0) is 14.4. The molecular weight excluding hydrogens is 240 g/mol. The van der Waals surface area contributed by atoms with Crippen molar-refractivity contribution in [1.29, 1.82) is 0 Å². The number of rotatable bonds is 6. The van der Waals surface area contributed by atoms with Crippen molar-refractivity contribution in [2.45, 2.75) is 44.8 Å². The van der Waals surface area contributed by atoms with Gasteiger partial charge in [-0.1, -0.05) is 5.11 Å². The van der Waals surface area contributed by atoms with E-state index in [1.165, 1.54) is 0 Å². The molecule has 102 valence electrons. The minimum Gasteiger partial charge on any atom is -0.479 e. The number of nitrogens with two attached hydrogens (primary N) is 1. The molecule has 0 aromatic carbocycles. The van der Waals surface area contributed by atoms with Crippen molar-refractivity contribution in [2.75, 3.05) is 6.54 Å². The van der Waals surface area contributed by atoms with Crippen molar-refractivity contribution in [3.05, 3.63) is 10.4 Å². The summed E-state index contributed by atoms with van der Waals surface area (Å²) in [5.41, 5.74) is 10.7. The number of nitrogens with zero attached hydrogens (tertiary/aromatic N) is 3. The van der Waals surface area contributed by atoms with E-state index < -0.39 is 23.1 Å². The van der Waals surface area contributed by atoms with Crippen LogP contribution in [-0.4, -0.2) is 34.7 Å². The predicted molar refractivity (Wildman–Crippen MR) is 63.6 cm³/mol. The molecule has 8 nitrogen and oxygen atoms in total. The molecule has 0 bridgehead atoms. The van der Waals surface area contributed by atoms with Crippen LogP contribution in [0.25, 0.3) is 10.4 Å². The van der Waals surface area contributed by atoms with E-state index in [-0.39, 0.29) is 19.4 Å². The highest BCUT2D eigenvalue weighted by Gasteiger charge is 2.44. The first-order valence-corrected chi connectivity index (χ1v) is 5.40. The maximum absolute atomic E-state index is 11.8. The highest BCUT2D eigenvalue weighted by atomic mass is 16.6. The fourth-order valence-corrected chi connectivity index (χ4v) is 1.14. The zero-order valence-electron chi connectivity index (χ0n) is 10.7. The van der Waals surface area contributed by atoms with Gasteiger partial charge in [0.25, 0.3) is 0 Å². The molecule has 0 spiro atoms. The van der Waals surface area contributed by atoms with Crippen molar-refractivity contribution in [3.63, 3.8) is 0 Å². The molecule has 0 saturated heterocycles. The van der Waals surface area contributed by atoms with E-state index in [4.69, 9.17) is 21.1 Å². The van der Waals surface area contributed by atoms with Gasteiger partial charge in [-0.25, -0.2) is 9.59 Å². The summed E-state index contributed by atoms with van der Waals surface area (Å²) in [6, 6.07) is 0. The van der Waals surface area contributed by atoms with Crippen LogP contribution in [0.1, 0.15) is 33.6 Å². The molecule has 0 aromatic heterocycles. The summed E-state index contributed by atoms with van der Waals surface area (Å²) in [5, 5.41) is 12.3. The van der Waals surface area contributed by atoms with E-state index in [2.05, 4.69) is 10.0 Å². The molecule has 18 heavy (non-hydrogen) atoms. The topological polar surface area (TPSA) is 138 Å². The largest absolute Gasteiger partial charge is 0.479 e. The summed E-state index contributed by atoms with van der Waals surface area (Å²) >= 11 is 0. The van der Waals surface area contributed by atoms with Gasteiger partial charge in [0, 0.05) is 11.5 Å². The quantitative estimate of drug-likeness (QED) is 0.184. The number of carbonyl (C=O) groups excluding carboxylic acids is 1. The third-order valence-corrected chi connectivity index (χ3v) is 2.04. The average Bonchev–Trinajstić information content (AvgIpc) is 2.21. The Kier molecular flexibility index (Phi) is 5.61. The second-order valence-corrected chi connectivity index (χ2v) is 4.84. The second kappa shape index (κ2) is 6.23. The zero-order valence-corrected chi connectivity index (χ0v) is 10.7. The monoisotopic (exact) mass is 258 g/mol. The second-order valence-electron chi connectivity index (χ2n) is 4.84. The lowest BCUT2D eigenvalue weighted by atomic mass is 9.94. The Morgan fingerprint density at radius 2 is 2.00 bits per heavy atom. The normalized spacial score (nSPS) is 14.2. The van der Waals surface area contributed by atoms with Crippen LogP contribution in [0, 0.1) is 0 Å². The molecule has 8 heteroatoms. The standard InChI is InChI=1S/C10H18N4O4/c1-9(2,3)18-8(17)10(11,7(15)16)5-4-6-13-14-12/h4-6,11H2,1-3H3,(H,15,16). The number of aliphatic carboxylic acids is 1. The molecule has 1 unspecified atom stereocenters. The molecule has 0 rings (SSSR count). The van der Waals surface area contributed by atoms with Crippen LogP contribution in [0.5, 0.6) is 0 Å². The van der Waals surface area contributed by atoms with Crippen LogP contribution >= 0.6 is 0 Å². The maximum Gasteiger partial charge on any atom is 0.338 e. The van der Waals surface area contributed by atoms with Crippen LogP contribution in [0.15, 0.2) is 5.11 Å². The third-order valence-electron chi connectivity index (χ3n) is 2.04. The van der Waals surface area contributed by atoms with E-state index in [1.807, 2.05) is 0 Å². The van der Waals surface area contributed by atoms with Gasteiger partial charge in [0.1, 0.15) is 5.60 Å². The number of hydrogen-bond acceptors (Lipinski definition) is 5. The number of esters is 1. The van der Waals surface area contributed by atoms with Crippen LogP contribution in [0.3, 0.4) is 0 Å². The molecule has 0 amide bonds. The third kappa shape index (κ3) is 5.03. The number of carbonyl (C=O) groups is 2. The fraction of sp³-hybridized carbons (Fsp3) is 0.800. The minimum absolute atomic E-state index is 0.0749. The smallest absolute Gasteiger partial charge is 0.338 e. The summed E-state index contributed by atoms with van der Waals surface area (Å²) in [6.07, 6.45) is 0.0301. The summed E-state index contributed by atoms with van der Waals surface area (Å²) in [4.78, 5) is 25.4. The Hall–Kier alpha value is -1.79. The van der Waals surface area contributed by atoms with E-state index in [0.29, 0.717) is 0 Å². The van der Waals surface area contributed by atoms with Gasteiger partial charge in [-0.05, 0) is 39.1 Å². The number of azide groups is 1. The van der Waals surface area contributed by atoms with E-state index >= 15 is 0 Å². The van der Waals surface area contributed by atoms with Crippen LogP contribution < -0.4 is 5.73 Å². The lowest BCUT2D eigenvalue weighted by Crippen LogP contribution is -2.57. The first-order valence-electron chi connectivity index (χ1n) is 5.40. The van der Waals surface area contributed by atoms with E-state index in [1.54, 1.807) is 20.8 Å². The molecule has 0 fully saturated rings. The van der Waals surface area contributed by atoms with Gasteiger partial charge in [-0.2, -0.15) is 0 Å². The number of carboxylic acid groups (broad SMARTS) is 1. The highest BCUT2D eigenvalue weighted by molar-refractivity contribution is 6.03. The SMILES string of the molecule is CC(C)(C)OC(=O)C(N)(CCCN=[N+]=[N-])C(=O)O. The molecule has 0 heterocycles. The summed E-state index contributed by atoms with van der Waals surface area (Å²) < 4.78 is 4.97. The van der Waals surface area contributed by atoms with Gasteiger partial charge in [0.2, 0.25) is 5.54 Å². The van der Waals surface area contributed by atoms with Crippen LogP contribution in [0.2, 0.25) is 0 Å². The molecule has 0 aromatic rings. The average molecular weight is 258 g/mol. The van der Waals surface area contributed by atoms with Crippen molar-refractivity contribution < 1.29 is 19.4 Å². The Balaban J connectivity index is 4.75. The van der Waals surface area contributed by atoms with Gasteiger partial charge in [-0.3, -0.25) is 0 Å².